The van der Waals surface area contributed by atoms with Gasteiger partial charge in [0.05, 0.1) is 30.7 Å². The molecule has 0 saturated carbocycles. The summed E-state index contributed by atoms with van der Waals surface area (Å²) in [6.07, 6.45) is 1.77. The molecule has 0 radical (unpaired) electrons. The van der Waals surface area contributed by atoms with Crippen molar-refractivity contribution in [1.82, 2.24) is 15.0 Å². The molecule has 2 aromatic heterocycles. The highest BCUT2D eigenvalue weighted by molar-refractivity contribution is 5.69. The first-order valence-electron chi connectivity index (χ1n) is 9.30. The van der Waals surface area contributed by atoms with Crippen LogP contribution < -0.4 is 15.4 Å². The minimum Gasteiger partial charge on any atom is -0.495 e. The van der Waals surface area contributed by atoms with Gasteiger partial charge in [0.2, 0.25) is 5.95 Å². The molecule has 6 heteroatoms. The Kier molecular flexibility index (Phi) is 5.62. The topological polar surface area (TPSA) is 72.0 Å². The molecule has 2 heterocycles. The minimum absolute atomic E-state index is 0.523. The summed E-state index contributed by atoms with van der Waals surface area (Å²) in [7, 11) is 1.65. The number of aromatic nitrogens is 3. The molecule has 4 rings (SSSR count). The predicted octanol–water partition coefficient (Wildman–Crippen LogP) is 4.90. The lowest BCUT2D eigenvalue weighted by atomic mass is 10.1. The molecule has 144 valence electrons. The second-order valence-corrected chi connectivity index (χ2v) is 6.33. The van der Waals surface area contributed by atoms with E-state index in [-0.39, 0.29) is 0 Å². The summed E-state index contributed by atoms with van der Waals surface area (Å²) in [5.74, 6) is 1.94. The molecule has 0 spiro atoms. The van der Waals surface area contributed by atoms with Crippen molar-refractivity contribution >= 4 is 17.5 Å². The monoisotopic (exact) mass is 383 g/mol. The Morgan fingerprint density at radius 2 is 1.66 bits per heavy atom. The average Bonchev–Trinajstić information content (AvgIpc) is 2.79. The van der Waals surface area contributed by atoms with E-state index in [1.807, 2.05) is 78.9 Å². The minimum atomic E-state index is 0.523. The van der Waals surface area contributed by atoms with E-state index in [9.17, 15) is 0 Å². The molecular formula is C23H21N5O. The van der Waals surface area contributed by atoms with E-state index >= 15 is 0 Å². The fourth-order valence-corrected chi connectivity index (χ4v) is 2.91. The van der Waals surface area contributed by atoms with E-state index in [0.717, 1.165) is 28.4 Å². The molecule has 6 nitrogen and oxygen atoms in total. The Labute approximate surface area is 169 Å². The van der Waals surface area contributed by atoms with Gasteiger partial charge in [-0.2, -0.15) is 4.98 Å². The van der Waals surface area contributed by atoms with Crippen LogP contribution in [0.1, 0.15) is 5.69 Å². The standard InChI is InChI=1S/C23H21N5O/c1-29-21-13-6-5-12-19(21)26-22-15-20(17-9-3-2-4-10-17)27-23(28-22)25-16-18-11-7-8-14-24-18/h2-15H,16H2,1H3,(H2,25,26,27,28). The first kappa shape index (κ1) is 18.4. The molecule has 0 amide bonds. The van der Waals surface area contributed by atoms with Gasteiger partial charge in [-0.3, -0.25) is 4.98 Å². The highest BCUT2D eigenvalue weighted by atomic mass is 16.5. The SMILES string of the molecule is COc1ccccc1Nc1cc(-c2ccccc2)nc(NCc2ccccn2)n1. The molecule has 29 heavy (non-hydrogen) atoms. The Morgan fingerprint density at radius 1 is 0.862 bits per heavy atom. The quantitative estimate of drug-likeness (QED) is 0.473. The second kappa shape index (κ2) is 8.84. The van der Waals surface area contributed by atoms with Gasteiger partial charge in [0, 0.05) is 17.8 Å². The first-order valence-corrected chi connectivity index (χ1v) is 9.30. The molecule has 2 aromatic carbocycles. The maximum absolute atomic E-state index is 5.44. The maximum atomic E-state index is 5.44. The van der Waals surface area contributed by atoms with Gasteiger partial charge in [0.15, 0.2) is 0 Å². The van der Waals surface area contributed by atoms with Crippen LogP contribution in [0.4, 0.5) is 17.5 Å². The van der Waals surface area contributed by atoms with Gasteiger partial charge in [-0.15, -0.1) is 0 Å². The van der Waals surface area contributed by atoms with Crippen molar-refractivity contribution in [2.75, 3.05) is 17.7 Å². The highest BCUT2D eigenvalue weighted by Crippen LogP contribution is 2.28. The zero-order valence-corrected chi connectivity index (χ0v) is 16.0. The molecule has 0 aliphatic carbocycles. The molecule has 0 saturated heterocycles. The summed E-state index contributed by atoms with van der Waals surface area (Å²) in [5, 5.41) is 6.61. The van der Waals surface area contributed by atoms with Crippen molar-refractivity contribution in [3.8, 4) is 17.0 Å². The predicted molar refractivity (Wildman–Crippen MR) is 115 cm³/mol. The van der Waals surface area contributed by atoms with Crippen LogP contribution in [0.15, 0.2) is 85.1 Å². The number of nitrogens with zero attached hydrogens (tertiary/aromatic N) is 3. The van der Waals surface area contributed by atoms with Crippen LogP contribution in [0.2, 0.25) is 0 Å². The number of hydrogen-bond donors (Lipinski definition) is 2. The van der Waals surface area contributed by atoms with Crippen molar-refractivity contribution in [2.24, 2.45) is 0 Å². The van der Waals surface area contributed by atoms with Gasteiger partial charge in [-0.25, -0.2) is 4.98 Å². The second-order valence-electron chi connectivity index (χ2n) is 6.33. The van der Waals surface area contributed by atoms with E-state index in [4.69, 9.17) is 4.74 Å². The van der Waals surface area contributed by atoms with Crippen molar-refractivity contribution in [2.45, 2.75) is 6.54 Å². The van der Waals surface area contributed by atoms with Crippen molar-refractivity contribution in [1.29, 1.82) is 0 Å². The third kappa shape index (κ3) is 4.68. The van der Waals surface area contributed by atoms with E-state index in [2.05, 4.69) is 25.6 Å². The van der Waals surface area contributed by atoms with Crippen molar-refractivity contribution in [3.05, 3.63) is 90.8 Å². The number of benzene rings is 2. The van der Waals surface area contributed by atoms with Gasteiger partial charge in [0.25, 0.3) is 0 Å². The number of nitrogens with one attached hydrogen (secondary N) is 2. The Balaban J connectivity index is 1.66. The Bertz CT molecular complexity index is 1070. The summed E-state index contributed by atoms with van der Waals surface area (Å²) in [6.45, 7) is 0.535. The van der Waals surface area contributed by atoms with Gasteiger partial charge < -0.3 is 15.4 Å². The molecule has 0 unspecified atom stereocenters. The average molecular weight is 383 g/mol. The number of anilines is 3. The third-order valence-electron chi connectivity index (χ3n) is 4.32. The number of pyridine rings is 1. The number of rotatable bonds is 7. The Morgan fingerprint density at radius 3 is 2.45 bits per heavy atom. The molecular weight excluding hydrogens is 362 g/mol. The van der Waals surface area contributed by atoms with Crippen LogP contribution in [0.3, 0.4) is 0 Å². The summed E-state index contributed by atoms with van der Waals surface area (Å²) in [5.41, 5.74) is 3.59. The molecule has 4 aromatic rings. The number of hydrogen-bond acceptors (Lipinski definition) is 6. The van der Waals surface area contributed by atoms with E-state index in [1.54, 1.807) is 13.3 Å². The molecule has 0 aliphatic heterocycles. The molecule has 2 N–H and O–H groups in total. The van der Waals surface area contributed by atoms with Crippen LogP contribution >= 0.6 is 0 Å². The van der Waals surface area contributed by atoms with Crippen LogP contribution in [0.25, 0.3) is 11.3 Å². The van der Waals surface area contributed by atoms with E-state index in [0.29, 0.717) is 18.3 Å². The molecule has 0 aliphatic rings. The summed E-state index contributed by atoms with van der Waals surface area (Å²) < 4.78 is 5.44. The van der Waals surface area contributed by atoms with Gasteiger partial charge in [0.1, 0.15) is 11.6 Å². The van der Waals surface area contributed by atoms with Crippen molar-refractivity contribution < 1.29 is 4.74 Å². The Hall–Kier alpha value is -3.93. The van der Waals surface area contributed by atoms with Crippen LogP contribution in [-0.2, 0) is 6.54 Å². The highest BCUT2D eigenvalue weighted by Gasteiger charge is 2.09. The summed E-state index contributed by atoms with van der Waals surface area (Å²) in [4.78, 5) is 13.6. The van der Waals surface area contributed by atoms with Gasteiger partial charge in [-0.1, -0.05) is 48.5 Å². The van der Waals surface area contributed by atoms with Gasteiger partial charge >= 0.3 is 0 Å². The first-order chi connectivity index (χ1) is 14.3. The third-order valence-corrected chi connectivity index (χ3v) is 4.32. The fourth-order valence-electron chi connectivity index (χ4n) is 2.91. The van der Waals surface area contributed by atoms with E-state index < -0.39 is 0 Å². The number of para-hydroxylation sites is 2. The number of methoxy groups -OCH3 is 1. The van der Waals surface area contributed by atoms with E-state index in [1.165, 1.54) is 0 Å². The zero-order chi connectivity index (χ0) is 19.9. The molecule has 0 bridgehead atoms. The van der Waals surface area contributed by atoms with Crippen LogP contribution in [-0.4, -0.2) is 22.1 Å². The van der Waals surface area contributed by atoms with Gasteiger partial charge in [-0.05, 0) is 24.3 Å². The summed E-state index contributed by atoms with van der Waals surface area (Å²) >= 11 is 0. The lowest BCUT2D eigenvalue weighted by Gasteiger charge is -2.13. The lowest BCUT2D eigenvalue weighted by Crippen LogP contribution is -2.07. The fraction of sp³-hybridized carbons (Fsp3) is 0.0870. The normalized spacial score (nSPS) is 10.4. The lowest BCUT2D eigenvalue weighted by molar-refractivity contribution is 0.417. The molecule has 0 atom stereocenters. The van der Waals surface area contributed by atoms with Crippen LogP contribution in [0, 0.1) is 0 Å². The van der Waals surface area contributed by atoms with Crippen LogP contribution in [0.5, 0.6) is 5.75 Å². The molecule has 0 fully saturated rings. The summed E-state index contributed by atoms with van der Waals surface area (Å²) in [6, 6.07) is 25.5. The maximum Gasteiger partial charge on any atom is 0.225 e. The number of ether oxygens (including phenoxy) is 1. The zero-order valence-electron chi connectivity index (χ0n) is 16.0. The largest absolute Gasteiger partial charge is 0.495 e. The van der Waals surface area contributed by atoms with Crippen molar-refractivity contribution in [3.63, 3.8) is 0 Å². The smallest absolute Gasteiger partial charge is 0.225 e.